The van der Waals surface area contributed by atoms with Gasteiger partial charge in [-0.15, -0.1) is 0 Å². The van der Waals surface area contributed by atoms with Gasteiger partial charge in [0.05, 0.1) is 16.6 Å². The summed E-state index contributed by atoms with van der Waals surface area (Å²) in [5, 5.41) is 4.05. The zero-order chi connectivity index (χ0) is 14.0. The van der Waals surface area contributed by atoms with E-state index in [0.717, 1.165) is 36.6 Å². The number of hydrogen-bond donors (Lipinski definition) is 2. The van der Waals surface area contributed by atoms with Crippen LogP contribution in [0.4, 0.5) is 0 Å². The summed E-state index contributed by atoms with van der Waals surface area (Å²) in [5.41, 5.74) is 7.18. The van der Waals surface area contributed by atoms with Crippen molar-refractivity contribution >= 4 is 16.8 Å². The van der Waals surface area contributed by atoms with Gasteiger partial charge in [0, 0.05) is 18.1 Å². The molecule has 4 heteroatoms. The standard InChI is InChI=1S/C16H19N3O/c17-11-16(8-3-4-9-16)19-15(20)13-7-10-18-14-6-2-1-5-12(13)14/h1-2,5-7,10H,3-4,8-9,11,17H2,(H,19,20). The smallest absolute Gasteiger partial charge is 0.252 e. The van der Waals surface area contributed by atoms with Crippen LogP contribution in [0.1, 0.15) is 36.0 Å². The van der Waals surface area contributed by atoms with Crippen molar-refractivity contribution in [1.82, 2.24) is 10.3 Å². The van der Waals surface area contributed by atoms with Crippen LogP contribution < -0.4 is 11.1 Å². The average Bonchev–Trinajstić information content (AvgIpc) is 2.95. The maximum Gasteiger partial charge on any atom is 0.252 e. The summed E-state index contributed by atoms with van der Waals surface area (Å²) in [6.45, 7) is 0.502. The molecule has 1 amide bonds. The highest BCUT2D eigenvalue weighted by atomic mass is 16.1. The van der Waals surface area contributed by atoms with Crippen LogP contribution in [-0.2, 0) is 0 Å². The van der Waals surface area contributed by atoms with E-state index in [1.807, 2.05) is 24.3 Å². The van der Waals surface area contributed by atoms with Crippen molar-refractivity contribution in [3.63, 3.8) is 0 Å². The monoisotopic (exact) mass is 269 g/mol. The number of aromatic nitrogens is 1. The van der Waals surface area contributed by atoms with Crippen molar-refractivity contribution < 1.29 is 4.79 Å². The number of nitrogens with one attached hydrogen (secondary N) is 1. The largest absolute Gasteiger partial charge is 0.345 e. The highest BCUT2D eigenvalue weighted by Crippen LogP contribution is 2.29. The van der Waals surface area contributed by atoms with Gasteiger partial charge in [0.15, 0.2) is 0 Å². The quantitative estimate of drug-likeness (QED) is 0.898. The topological polar surface area (TPSA) is 68.0 Å². The number of nitrogens with two attached hydrogens (primary N) is 1. The Kier molecular flexibility index (Phi) is 3.40. The van der Waals surface area contributed by atoms with Gasteiger partial charge in [-0.3, -0.25) is 9.78 Å². The molecule has 1 aliphatic carbocycles. The van der Waals surface area contributed by atoms with Crippen LogP contribution in [0.3, 0.4) is 0 Å². The number of fused-ring (bicyclic) bond motifs is 1. The second kappa shape index (κ2) is 5.21. The molecule has 1 aliphatic rings. The molecule has 1 fully saturated rings. The van der Waals surface area contributed by atoms with E-state index in [1.165, 1.54) is 0 Å². The summed E-state index contributed by atoms with van der Waals surface area (Å²) in [6, 6.07) is 9.47. The van der Waals surface area contributed by atoms with Gasteiger partial charge in [0.25, 0.3) is 5.91 Å². The molecule has 1 aromatic heterocycles. The lowest BCUT2D eigenvalue weighted by Gasteiger charge is -2.28. The van der Waals surface area contributed by atoms with Gasteiger partial charge in [0.1, 0.15) is 0 Å². The zero-order valence-electron chi connectivity index (χ0n) is 11.4. The first kappa shape index (κ1) is 13.1. The fourth-order valence-corrected chi connectivity index (χ4v) is 3.03. The molecule has 4 nitrogen and oxygen atoms in total. The maximum absolute atomic E-state index is 12.6. The minimum atomic E-state index is -0.221. The molecule has 0 saturated heterocycles. The summed E-state index contributed by atoms with van der Waals surface area (Å²) in [6.07, 6.45) is 5.89. The third kappa shape index (κ3) is 2.27. The number of carbonyl (C=O) groups excluding carboxylic acids is 1. The first-order valence-corrected chi connectivity index (χ1v) is 7.10. The van der Waals surface area contributed by atoms with Gasteiger partial charge in [-0.25, -0.2) is 0 Å². The molecule has 1 heterocycles. The number of rotatable bonds is 3. The zero-order valence-corrected chi connectivity index (χ0v) is 11.4. The van der Waals surface area contributed by atoms with Crippen molar-refractivity contribution in [2.45, 2.75) is 31.2 Å². The van der Waals surface area contributed by atoms with Crippen molar-refractivity contribution in [2.75, 3.05) is 6.54 Å². The first-order valence-electron chi connectivity index (χ1n) is 7.10. The third-order valence-electron chi connectivity index (χ3n) is 4.22. The van der Waals surface area contributed by atoms with Gasteiger partial charge in [0.2, 0.25) is 0 Å². The molecular formula is C16H19N3O. The highest BCUT2D eigenvalue weighted by molar-refractivity contribution is 6.06. The van der Waals surface area contributed by atoms with Crippen LogP contribution in [0, 0.1) is 0 Å². The van der Waals surface area contributed by atoms with Crippen LogP contribution in [0.15, 0.2) is 36.5 Å². The Balaban J connectivity index is 1.93. The van der Waals surface area contributed by atoms with E-state index in [9.17, 15) is 4.79 Å². The van der Waals surface area contributed by atoms with E-state index in [0.29, 0.717) is 12.1 Å². The molecule has 1 saturated carbocycles. The number of amides is 1. The van der Waals surface area contributed by atoms with Crippen LogP contribution >= 0.6 is 0 Å². The Bertz CT molecular complexity index is 627. The minimum Gasteiger partial charge on any atom is -0.345 e. The normalized spacial score (nSPS) is 17.2. The third-order valence-corrected chi connectivity index (χ3v) is 4.22. The molecule has 2 aromatic rings. The van der Waals surface area contributed by atoms with Crippen molar-refractivity contribution in [3.8, 4) is 0 Å². The number of para-hydroxylation sites is 1. The Morgan fingerprint density at radius 2 is 2.00 bits per heavy atom. The van der Waals surface area contributed by atoms with E-state index in [4.69, 9.17) is 5.73 Å². The van der Waals surface area contributed by atoms with Crippen molar-refractivity contribution in [3.05, 3.63) is 42.1 Å². The number of pyridine rings is 1. The minimum absolute atomic E-state index is 0.0454. The van der Waals surface area contributed by atoms with E-state index in [2.05, 4.69) is 10.3 Å². The highest BCUT2D eigenvalue weighted by Gasteiger charge is 2.34. The fourth-order valence-electron chi connectivity index (χ4n) is 3.03. The number of benzene rings is 1. The van der Waals surface area contributed by atoms with Gasteiger partial charge in [-0.1, -0.05) is 31.0 Å². The summed E-state index contributed by atoms with van der Waals surface area (Å²) in [5.74, 6) is -0.0454. The van der Waals surface area contributed by atoms with E-state index in [-0.39, 0.29) is 11.4 Å². The van der Waals surface area contributed by atoms with E-state index in [1.54, 1.807) is 12.3 Å². The predicted octanol–water partition coefficient (Wildman–Crippen LogP) is 2.24. The Hall–Kier alpha value is -1.94. The molecule has 0 unspecified atom stereocenters. The van der Waals surface area contributed by atoms with E-state index < -0.39 is 0 Å². The number of carbonyl (C=O) groups is 1. The molecule has 0 aliphatic heterocycles. The lowest BCUT2D eigenvalue weighted by atomic mass is 9.96. The summed E-state index contributed by atoms with van der Waals surface area (Å²) < 4.78 is 0. The molecule has 3 N–H and O–H groups in total. The molecule has 0 bridgehead atoms. The number of nitrogens with zero attached hydrogens (tertiary/aromatic N) is 1. The summed E-state index contributed by atoms with van der Waals surface area (Å²) in [4.78, 5) is 16.9. The SMILES string of the molecule is NCC1(NC(=O)c2ccnc3ccccc23)CCCC1. The van der Waals surface area contributed by atoms with Gasteiger partial charge in [-0.05, 0) is 25.0 Å². The second-order valence-electron chi connectivity index (χ2n) is 5.52. The average molecular weight is 269 g/mol. The lowest BCUT2D eigenvalue weighted by Crippen LogP contribution is -2.51. The molecule has 1 aromatic carbocycles. The molecule has 20 heavy (non-hydrogen) atoms. The molecular weight excluding hydrogens is 250 g/mol. The van der Waals surface area contributed by atoms with Gasteiger partial charge < -0.3 is 11.1 Å². The van der Waals surface area contributed by atoms with Gasteiger partial charge >= 0.3 is 0 Å². The Morgan fingerprint density at radius 3 is 2.75 bits per heavy atom. The van der Waals surface area contributed by atoms with E-state index >= 15 is 0 Å². The molecule has 0 spiro atoms. The van der Waals surface area contributed by atoms with Gasteiger partial charge in [-0.2, -0.15) is 0 Å². The second-order valence-corrected chi connectivity index (χ2v) is 5.52. The molecule has 3 rings (SSSR count). The number of hydrogen-bond acceptors (Lipinski definition) is 3. The summed E-state index contributed by atoms with van der Waals surface area (Å²) >= 11 is 0. The first-order chi connectivity index (χ1) is 9.74. The van der Waals surface area contributed by atoms with Crippen molar-refractivity contribution in [1.29, 1.82) is 0 Å². The Labute approximate surface area is 118 Å². The lowest BCUT2D eigenvalue weighted by molar-refractivity contribution is 0.0905. The molecule has 0 atom stereocenters. The Morgan fingerprint density at radius 1 is 1.25 bits per heavy atom. The van der Waals surface area contributed by atoms with Crippen LogP contribution in [0.25, 0.3) is 10.9 Å². The van der Waals surface area contributed by atoms with Crippen LogP contribution in [0.2, 0.25) is 0 Å². The maximum atomic E-state index is 12.6. The van der Waals surface area contributed by atoms with Crippen LogP contribution in [0.5, 0.6) is 0 Å². The summed E-state index contributed by atoms with van der Waals surface area (Å²) in [7, 11) is 0. The fraction of sp³-hybridized carbons (Fsp3) is 0.375. The molecule has 0 radical (unpaired) electrons. The predicted molar refractivity (Wildman–Crippen MR) is 79.5 cm³/mol. The van der Waals surface area contributed by atoms with Crippen molar-refractivity contribution in [2.24, 2.45) is 5.73 Å². The van der Waals surface area contributed by atoms with Crippen LogP contribution in [-0.4, -0.2) is 23.0 Å². The molecule has 104 valence electrons.